The van der Waals surface area contributed by atoms with E-state index >= 15 is 0 Å². The lowest BCUT2D eigenvalue weighted by Gasteiger charge is -2.22. The summed E-state index contributed by atoms with van der Waals surface area (Å²) in [5.41, 5.74) is 0.724. The van der Waals surface area contributed by atoms with E-state index in [0.717, 1.165) is 16.3 Å². The molecule has 3 atom stereocenters. The summed E-state index contributed by atoms with van der Waals surface area (Å²) in [7, 11) is 0. The molecule has 0 saturated carbocycles. The van der Waals surface area contributed by atoms with Crippen LogP contribution >= 0.6 is 35.6 Å². The van der Waals surface area contributed by atoms with Crippen LogP contribution < -0.4 is 0 Å². The molecule has 2 aliphatic heterocycles. The van der Waals surface area contributed by atoms with E-state index in [1.165, 1.54) is 0 Å². The molecule has 0 aliphatic carbocycles. The highest BCUT2D eigenvalue weighted by Gasteiger charge is 2.50. The predicted molar refractivity (Wildman–Crippen MR) is 83.4 cm³/mol. The van der Waals surface area contributed by atoms with Gasteiger partial charge < -0.3 is 9.47 Å². The number of ether oxygens (including phenoxy) is 2. The van der Waals surface area contributed by atoms with Crippen molar-refractivity contribution < 1.29 is 9.47 Å². The van der Waals surface area contributed by atoms with Crippen molar-refractivity contribution in [3.8, 4) is 0 Å². The van der Waals surface area contributed by atoms with Gasteiger partial charge in [-0.05, 0) is 13.8 Å². The second-order valence-corrected chi connectivity index (χ2v) is 7.39. The van der Waals surface area contributed by atoms with Gasteiger partial charge in [-0.2, -0.15) is 0 Å². The maximum absolute atomic E-state index is 6.04. The SMILES string of the molecule is CC1(C)O[C@@H]2[C@@H](CS[C@H]2C(=S)Cc2nccnc2Cl)O1. The Hall–Kier alpha value is -0.270. The van der Waals surface area contributed by atoms with Crippen LogP contribution in [-0.2, 0) is 15.9 Å². The van der Waals surface area contributed by atoms with E-state index in [4.69, 9.17) is 33.3 Å². The highest BCUT2D eigenvalue weighted by molar-refractivity contribution is 8.02. The van der Waals surface area contributed by atoms with Gasteiger partial charge in [0.25, 0.3) is 0 Å². The van der Waals surface area contributed by atoms with Gasteiger partial charge in [-0.3, -0.25) is 4.98 Å². The van der Waals surface area contributed by atoms with Crippen LogP contribution in [0.2, 0.25) is 5.15 Å². The third kappa shape index (κ3) is 2.85. The fraction of sp³-hybridized carbons (Fsp3) is 0.615. The van der Waals surface area contributed by atoms with Crippen molar-refractivity contribution in [3.63, 3.8) is 0 Å². The smallest absolute Gasteiger partial charge is 0.163 e. The van der Waals surface area contributed by atoms with Crippen molar-refractivity contribution in [2.45, 2.75) is 43.5 Å². The molecule has 4 nitrogen and oxygen atoms in total. The lowest BCUT2D eigenvalue weighted by molar-refractivity contribution is -0.144. The van der Waals surface area contributed by atoms with Crippen LogP contribution in [0.1, 0.15) is 19.5 Å². The number of thioether (sulfide) groups is 1. The molecular weight excluding hydrogens is 316 g/mol. The van der Waals surface area contributed by atoms with Crippen LogP contribution in [-0.4, -0.2) is 43.8 Å². The molecule has 20 heavy (non-hydrogen) atoms. The maximum atomic E-state index is 6.04. The van der Waals surface area contributed by atoms with Gasteiger partial charge in [0, 0.05) is 29.4 Å². The number of fused-ring (bicyclic) bond motifs is 1. The molecule has 0 unspecified atom stereocenters. The summed E-state index contributed by atoms with van der Waals surface area (Å²) in [5, 5.41) is 0.563. The summed E-state index contributed by atoms with van der Waals surface area (Å²) in [6.07, 6.45) is 3.90. The van der Waals surface area contributed by atoms with Gasteiger partial charge in [0.2, 0.25) is 0 Å². The summed E-state index contributed by atoms with van der Waals surface area (Å²) in [5.74, 6) is 0.390. The van der Waals surface area contributed by atoms with E-state index in [9.17, 15) is 0 Å². The average Bonchev–Trinajstić information content (AvgIpc) is 2.86. The second kappa shape index (κ2) is 5.50. The van der Waals surface area contributed by atoms with Crippen molar-refractivity contribution in [2.24, 2.45) is 0 Å². The van der Waals surface area contributed by atoms with Crippen molar-refractivity contribution in [2.75, 3.05) is 5.75 Å². The average molecular weight is 331 g/mol. The van der Waals surface area contributed by atoms with E-state index in [2.05, 4.69) is 9.97 Å². The summed E-state index contributed by atoms with van der Waals surface area (Å²) in [4.78, 5) is 9.16. The standard InChI is InChI=1S/C13H15ClN2O2S2/c1-13(2)17-8-6-20-11(10(8)18-13)9(19)5-7-12(14)16-4-3-15-7/h3-4,8,10-11H,5-6H2,1-2H3/t8-,10-,11+/m1/s1. The maximum Gasteiger partial charge on any atom is 0.163 e. The number of halogens is 1. The minimum Gasteiger partial charge on any atom is -0.344 e. The zero-order valence-corrected chi connectivity index (χ0v) is 13.6. The fourth-order valence-corrected chi connectivity index (χ4v) is 4.54. The summed E-state index contributed by atoms with van der Waals surface area (Å²) in [6.45, 7) is 3.88. The lowest BCUT2D eigenvalue weighted by atomic mass is 10.1. The van der Waals surface area contributed by atoms with Crippen LogP contribution in [0.25, 0.3) is 0 Å². The summed E-state index contributed by atoms with van der Waals surface area (Å²) < 4.78 is 11.8. The Labute approximate surface area is 132 Å². The minimum absolute atomic E-state index is 0.0259. The molecule has 0 amide bonds. The van der Waals surface area contributed by atoms with E-state index in [1.807, 2.05) is 13.8 Å². The van der Waals surface area contributed by atoms with Gasteiger partial charge in [-0.15, -0.1) is 11.8 Å². The minimum atomic E-state index is -0.519. The lowest BCUT2D eigenvalue weighted by Crippen LogP contribution is -2.33. The Kier molecular flexibility index (Phi) is 4.03. The molecule has 2 fully saturated rings. The molecule has 7 heteroatoms. The van der Waals surface area contributed by atoms with Gasteiger partial charge in [0.1, 0.15) is 6.10 Å². The van der Waals surface area contributed by atoms with E-state index in [-0.39, 0.29) is 17.5 Å². The van der Waals surface area contributed by atoms with Gasteiger partial charge in [-0.25, -0.2) is 4.98 Å². The largest absolute Gasteiger partial charge is 0.344 e. The number of hydrogen-bond acceptors (Lipinski definition) is 6. The highest BCUT2D eigenvalue weighted by atomic mass is 35.5. The molecule has 0 bridgehead atoms. The van der Waals surface area contributed by atoms with Crippen molar-refractivity contribution >= 4 is 40.4 Å². The van der Waals surface area contributed by atoms with Crippen LogP contribution in [0.5, 0.6) is 0 Å². The molecule has 108 valence electrons. The van der Waals surface area contributed by atoms with Crippen molar-refractivity contribution in [1.82, 2.24) is 9.97 Å². The zero-order valence-electron chi connectivity index (χ0n) is 11.2. The summed E-state index contributed by atoms with van der Waals surface area (Å²) in [6, 6.07) is 0. The Bertz CT molecular complexity index is 541. The Morgan fingerprint density at radius 2 is 2.20 bits per heavy atom. The number of aromatic nitrogens is 2. The number of thiocarbonyl (C=S) groups is 1. The first-order valence-corrected chi connectivity index (χ1v) is 8.25. The van der Waals surface area contributed by atoms with E-state index < -0.39 is 5.79 Å². The van der Waals surface area contributed by atoms with Crippen LogP contribution in [0.15, 0.2) is 12.4 Å². The van der Waals surface area contributed by atoms with E-state index in [1.54, 1.807) is 24.2 Å². The fourth-order valence-electron chi connectivity index (χ4n) is 2.55. The second-order valence-electron chi connectivity index (χ2n) is 5.33. The van der Waals surface area contributed by atoms with Gasteiger partial charge in [0.15, 0.2) is 10.9 Å². The summed E-state index contributed by atoms with van der Waals surface area (Å²) >= 11 is 13.4. The highest BCUT2D eigenvalue weighted by Crippen LogP contribution is 2.42. The van der Waals surface area contributed by atoms with E-state index in [0.29, 0.717) is 11.6 Å². The zero-order chi connectivity index (χ0) is 14.3. The molecule has 2 saturated heterocycles. The molecule has 0 spiro atoms. The van der Waals surface area contributed by atoms with Gasteiger partial charge >= 0.3 is 0 Å². The first-order chi connectivity index (χ1) is 9.46. The molecular formula is C13H15ClN2O2S2. The first-order valence-electron chi connectivity index (χ1n) is 6.41. The normalized spacial score (nSPS) is 31.2. The number of rotatable bonds is 3. The van der Waals surface area contributed by atoms with Gasteiger partial charge in [-0.1, -0.05) is 23.8 Å². The van der Waals surface area contributed by atoms with Crippen LogP contribution in [0.4, 0.5) is 0 Å². The molecule has 0 aromatic carbocycles. The predicted octanol–water partition coefficient (Wildman–Crippen LogP) is 2.68. The number of hydrogen-bond donors (Lipinski definition) is 0. The topological polar surface area (TPSA) is 44.2 Å². The molecule has 0 radical (unpaired) electrons. The Balaban J connectivity index is 1.71. The first kappa shape index (κ1) is 14.7. The quantitative estimate of drug-likeness (QED) is 0.794. The number of nitrogens with zero attached hydrogens (tertiary/aromatic N) is 2. The molecule has 0 N–H and O–H groups in total. The Morgan fingerprint density at radius 1 is 1.45 bits per heavy atom. The molecule has 1 aromatic rings. The van der Waals surface area contributed by atoms with Crippen LogP contribution in [0, 0.1) is 0 Å². The van der Waals surface area contributed by atoms with Crippen molar-refractivity contribution in [3.05, 3.63) is 23.2 Å². The molecule has 3 heterocycles. The molecule has 1 aromatic heterocycles. The van der Waals surface area contributed by atoms with Crippen LogP contribution in [0.3, 0.4) is 0 Å². The Morgan fingerprint density at radius 3 is 2.95 bits per heavy atom. The van der Waals surface area contributed by atoms with Gasteiger partial charge in [0.05, 0.1) is 17.0 Å². The van der Waals surface area contributed by atoms with Crippen molar-refractivity contribution in [1.29, 1.82) is 0 Å². The third-order valence-electron chi connectivity index (χ3n) is 3.34. The molecule has 2 aliphatic rings. The third-order valence-corrected chi connectivity index (χ3v) is 5.64. The molecule has 3 rings (SSSR count). The monoisotopic (exact) mass is 330 g/mol.